The van der Waals surface area contributed by atoms with E-state index in [4.69, 9.17) is 4.74 Å². The molecule has 0 aliphatic heterocycles. The van der Waals surface area contributed by atoms with Crippen molar-refractivity contribution in [3.63, 3.8) is 0 Å². The number of hydrogen-bond acceptors (Lipinski definition) is 4. The molecule has 158 valence electrons. The van der Waals surface area contributed by atoms with Crippen LogP contribution in [0.3, 0.4) is 0 Å². The third-order valence-corrected chi connectivity index (χ3v) is 6.07. The lowest BCUT2D eigenvalue weighted by Crippen LogP contribution is -2.40. The summed E-state index contributed by atoms with van der Waals surface area (Å²) in [4.78, 5) is 4.43. The molecule has 2 N–H and O–H groups in total. The fraction of sp³-hybridized carbons (Fsp3) is 0.696. The number of nitrogens with one attached hydrogen (secondary N) is 2. The van der Waals surface area contributed by atoms with E-state index in [0.717, 1.165) is 31.5 Å². The molecule has 1 aliphatic rings. The topological polar surface area (TPSA) is 51.1 Å². The lowest BCUT2D eigenvalue weighted by molar-refractivity contribution is -0.000115. The van der Waals surface area contributed by atoms with Crippen molar-refractivity contribution in [3.05, 3.63) is 30.1 Å². The van der Waals surface area contributed by atoms with Gasteiger partial charge in [0.2, 0.25) is 0 Å². The quantitative estimate of drug-likeness (QED) is 0.715. The number of hydrogen-bond donors (Lipinski definition) is 2. The highest BCUT2D eigenvalue weighted by molar-refractivity contribution is 5.76. The molecule has 1 aliphatic carbocycles. The predicted molar refractivity (Wildman–Crippen MR) is 119 cm³/mol. The molecule has 0 saturated heterocycles. The Labute approximate surface area is 171 Å². The van der Waals surface area contributed by atoms with Crippen LogP contribution in [0.2, 0.25) is 0 Å². The maximum absolute atomic E-state index is 6.29. The molecular formula is C23H40N4O. The number of ether oxygens (including phenoxy) is 1. The van der Waals surface area contributed by atoms with Crippen LogP contribution in [0.25, 0.3) is 11.0 Å². The number of imidazole rings is 1. The van der Waals surface area contributed by atoms with E-state index >= 15 is 0 Å². The van der Waals surface area contributed by atoms with Gasteiger partial charge in [0, 0.05) is 25.6 Å². The third kappa shape index (κ3) is 5.79. The summed E-state index contributed by atoms with van der Waals surface area (Å²) in [6.45, 7) is 8.05. The van der Waals surface area contributed by atoms with Gasteiger partial charge in [-0.1, -0.05) is 19.9 Å². The van der Waals surface area contributed by atoms with Crippen molar-refractivity contribution in [2.45, 2.75) is 64.5 Å². The SMILES string of the molecule is CC.CNCC(COC1CCC(c2ccc3ncn(C)c3c2)CC1)C(C)NC. The van der Waals surface area contributed by atoms with Gasteiger partial charge in [-0.25, -0.2) is 4.98 Å². The molecule has 1 aromatic heterocycles. The molecule has 5 nitrogen and oxygen atoms in total. The van der Waals surface area contributed by atoms with Crippen molar-refractivity contribution in [2.75, 3.05) is 27.2 Å². The maximum Gasteiger partial charge on any atom is 0.0955 e. The van der Waals surface area contributed by atoms with E-state index in [1.54, 1.807) is 0 Å². The van der Waals surface area contributed by atoms with Crippen LogP contribution in [0, 0.1) is 5.92 Å². The van der Waals surface area contributed by atoms with Crippen LogP contribution in [0.1, 0.15) is 57.9 Å². The highest BCUT2D eigenvalue weighted by atomic mass is 16.5. The van der Waals surface area contributed by atoms with Crippen molar-refractivity contribution >= 4 is 11.0 Å². The Kier molecular flexibility index (Phi) is 9.42. The van der Waals surface area contributed by atoms with Gasteiger partial charge in [0.15, 0.2) is 0 Å². The van der Waals surface area contributed by atoms with Crippen LogP contribution >= 0.6 is 0 Å². The first-order valence-corrected chi connectivity index (χ1v) is 11.0. The molecule has 3 rings (SSSR count). The maximum atomic E-state index is 6.29. The van der Waals surface area contributed by atoms with Gasteiger partial charge >= 0.3 is 0 Å². The standard InChI is InChI=1S/C21H34N4O.C2H6/c1-15(23-3)18(12-22-2)13-26-19-8-5-16(6-9-19)17-7-10-20-21(11-17)25(4)14-24-20;1-2/h7,10-11,14-16,18-19,22-23H,5-6,8-9,12-13H2,1-4H3;1-2H3. The van der Waals surface area contributed by atoms with Gasteiger partial charge in [0.1, 0.15) is 0 Å². The second-order valence-corrected chi connectivity index (χ2v) is 7.81. The smallest absolute Gasteiger partial charge is 0.0955 e. The van der Waals surface area contributed by atoms with Crippen molar-refractivity contribution in [3.8, 4) is 0 Å². The summed E-state index contributed by atoms with van der Waals surface area (Å²) in [5, 5.41) is 6.65. The summed E-state index contributed by atoms with van der Waals surface area (Å²) in [7, 11) is 6.11. The van der Waals surface area contributed by atoms with E-state index in [9.17, 15) is 0 Å². The van der Waals surface area contributed by atoms with Crippen LogP contribution < -0.4 is 10.6 Å². The molecule has 1 fully saturated rings. The first-order valence-electron chi connectivity index (χ1n) is 11.0. The molecule has 0 spiro atoms. The second kappa shape index (κ2) is 11.5. The molecule has 0 bridgehead atoms. The minimum Gasteiger partial charge on any atom is -0.378 e. The molecule has 1 heterocycles. The summed E-state index contributed by atoms with van der Waals surface area (Å²) >= 11 is 0. The second-order valence-electron chi connectivity index (χ2n) is 7.81. The zero-order chi connectivity index (χ0) is 20.5. The molecule has 1 aromatic carbocycles. The summed E-state index contributed by atoms with van der Waals surface area (Å²) in [5.41, 5.74) is 3.77. The molecule has 2 aromatic rings. The average Bonchev–Trinajstić information content (AvgIpc) is 3.12. The van der Waals surface area contributed by atoms with Gasteiger partial charge in [0.05, 0.1) is 30.1 Å². The van der Waals surface area contributed by atoms with Gasteiger partial charge in [-0.15, -0.1) is 0 Å². The molecule has 2 atom stereocenters. The lowest BCUT2D eigenvalue weighted by atomic mass is 9.82. The Bertz CT molecular complexity index is 691. The van der Waals surface area contributed by atoms with E-state index in [-0.39, 0.29) is 0 Å². The summed E-state index contributed by atoms with van der Waals surface area (Å²) in [6.07, 6.45) is 7.06. The molecule has 2 unspecified atom stereocenters. The fourth-order valence-corrected chi connectivity index (χ4v) is 4.10. The number of aryl methyl sites for hydroxylation is 1. The van der Waals surface area contributed by atoms with Crippen molar-refractivity contribution in [2.24, 2.45) is 13.0 Å². The Hall–Kier alpha value is -1.43. The van der Waals surface area contributed by atoms with Crippen molar-refractivity contribution in [1.82, 2.24) is 20.2 Å². The number of nitrogens with zero attached hydrogens (tertiary/aromatic N) is 2. The van der Waals surface area contributed by atoms with E-state index < -0.39 is 0 Å². The first-order chi connectivity index (χ1) is 13.6. The van der Waals surface area contributed by atoms with E-state index in [1.807, 2.05) is 34.3 Å². The Morgan fingerprint density at radius 3 is 2.54 bits per heavy atom. The average molecular weight is 389 g/mol. The highest BCUT2D eigenvalue weighted by Gasteiger charge is 2.25. The summed E-state index contributed by atoms with van der Waals surface area (Å²) < 4.78 is 8.40. The van der Waals surface area contributed by atoms with Crippen LogP contribution in [-0.4, -0.2) is 48.9 Å². The molecule has 0 amide bonds. The van der Waals surface area contributed by atoms with Crippen molar-refractivity contribution < 1.29 is 4.74 Å². The zero-order valence-electron chi connectivity index (χ0n) is 18.7. The normalized spacial score (nSPS) is 21.8. The van der Waals surface area contributed by atoms with Gasteiger partial charge in [0.25, 0.3) is 0 Å². The van der Waals surface area contributed by atoms with Gasteiger partial charge in [-0.05, 0) is 70.3 Å². The van der Waals surface area contributed by atoms with Gasteiger partial charge < -0.3 is 19.9 Å². The first kappa shape index (κ1) is 22.9. The number of fused-ring (bicyclic) bond motifs is 1. The largest absolute Gasteiger partial charge is 0.378 e. The summed E-state index contributed by atoms with van der Waals surface area (Å²) in [6, 6.07) is 7.21. The third-order valence-electron chi connectivity index (χ3n) is 6.07. The van der Waals surface area contributed by atoms with E-state index in [0.29, 0.717) is 24.0 Å². The van der Waals surface area contributed by atoms with Gasteiger partial charge in [-0.2, -0.15) is 0 Å². The highest BCUT2D eigenvalue weighted by Crippen LogP contribution is 2.35. The minimum atomic E-state index is 0.412. The molecule has 0 radical (unpaired) electrons. The Morgan fingerprint density at radius 1 is 1.18 bits per heavy atom. The zero-order valence-corrected chi connectivity index (χ0v) is 18.7. The number of aromatic nitrogens is 2. The van der Waals surface area contributed by atoms with Crippen LogP contribution in [-0.2, 0) is 11.8 Å². The molecule has 28 heavy (non-hydrogen) atoms. The van der Waals surface area contributed by atoms with E-state index in [2.05, 4.69) is 52.4 Å². The molecule has 1 saturated carbocycles. The monoisotopic (exact) mass is 388 g/mol. The molecule has 5 heteroatoms. The Balaban J connectivity index is 0.00000136. The fourth-order valence-electron chi connectivity index (χ4n) is 4.10. The molecular weight excluding hydrogens is 348 g/mol. The van der Waals surface area contributed by atoms with Crippen LogP contribution in [0.15, 0.2) is 24.5 Å². The van der Waals surface area contributed by atoms with Crippen molar-refractivity contribution in [1.29, 1.82) is 0 Å². The number of benzene rings is 1. The van der Waals surface area contributed by atoms with E-state index in [1.165, 1.54) is 23.9 Å². The summed E-state index contributed by atoms with van der Waals surface area (Å²) in [5.74, 6) is 1.16. The Morgan fingerprint density at radius 2 is 1.89 bits per heavy atom. The van der Waals surface area contributed by atoms with Crippen LogP contribution in [0.5, 0.6) is 0 Å². The van der Waals surface area contributed by atoms with Gasteiger partial charge in [-0.3, -0.25) is 0 Å². The number of rotatable bonds is 8. The lowest BCUT2D eigenvalue weighted by Gasteiger charge is -2.31. The van der Waals surface area contributed by atoms with Crippen LogP contribution in [0.4, 0.5) is 0 Å². The predicted octanol–water partition coefficient (Wildman–Crippen LogP) is 4.09. The minimum absolute atomic E-state index is 0.412.